The second-order valence-electron chi connectivity index (χ2n) is 6.69. The minimum absolute atomic E-state index is 0.134. The van der Waals surface area contributed by atoms with Crippen LogP contribution in [0.5, 0.6) is 0 Å². The molecule has 2 heterocycles. The van der Waals surface area contributed by atoms with Gasteiger partial charge in [0, 0.05) is 36.8 Å². The molecule has 1 fully saturated rings. The largest absolute Gasteiger partial charge is 0.356 e. The van der Waals surface area contributed by atoms with E-state index in [1.807, 2.05) is 6.92 Å². The minimum Gasteiger partial charge on any atom is -0.356 e. The molecule has 0 saturated carbocycles. The fourth-order valence-corrected chi connectivity index (χ4v) is 2.56. The van der Waals surface area contributed by atoms with E-state index < -0.39 is 0 Å². The number of aromatic nitrogens is 2. The summed E-state index contributed by atoms with van der Waals surface area (Å²) >= 11 is 0. The summed E-state index contributed by atoms with van der Waals surface area (Å²) in [6.07, 6.45) is 1.02. The first-order chi connectivity index (χ1) is 8.79. The molecule has 1 saturated heterocycles. The average Bonchev–Trinajstić information content (AvgIpc) is 2.31. The lowest BCUT2D eigenvalue weighted by molar-refractivity contribution is 0.244. The van der Waals surface area contributed by atoms with Gasteiger partial charge in [0.1, 0.15) is 11.6 Å². The lowest BCUT2D eigenvalue weighted by atomic mass is 9.80. The molecule has 2 rings (SSSR count). The van der Waals surface area contributed by atoms with Crippen LogP contribution in [0.25, 0.3) is 0 Å². The molecule has 1 aliphatic heterocycles. The summed E-state index contributed by atoms with van der Waals surface area (Å²) in [5.74, 6) is 2.34. The maximum atomic E-state index is 6.20. The van der Waals surface area contributed by atoms with Crippen molar-refractivity contribution in [2.45, 2.75) is 53.0 Å². The standard InChI is InChI=1S/C15H26N4/c1-10(2)14-17-11(3)8-13(18-14)19-7-6-12(16)15(4,5)9-19/h8,10,12H,6-7,9,16H2,1-5H3. The maximum absolute atomic E-state index is 6.20. The lowest BCUT2D eigenvalue weighted by Gasteiger charge is -2.43. The van der Waals surface area contributed by atoms with E-state index in [0.717, 1.165) is 36.8 Å². The van der Waals surface area contributed by atoms with Gasteiger partial charge in [-0.1, -0.05) is 27.7 Å². The molecule has 19 heavy (non-hydrogen) atoms. The highest BCUT2D eigenvalue weighted by atomic mass is 15.2. The summed E-state index contributed by atoms with van der Waals surface area (Å²) in [7, 11) is 0. The second-order valence-corrected chi connectivity index (χ2v) is 6.69. The van der Waals surface area contributed by atoms with Crippen molar-refractivity contribution in [2.24, 2.45) is 11.1 Å². The van der Waals surface area contributed by atoms with Crippen LogP contribution >= 0.6 is 0 Å². The summed E-state index contributed by atoms with van der Waals surface area (Å²) < 4.78 is 0. The van der Waals surface area contributed by atoms with Crippen molar-refractivity contribution < 1.29 is 0 Å². The summed E-state index contributed by atoms with van der Waals surface area (Å²) in [6.45, 7) is 12.7. The summed E-state index contributed by atoms with van der Waals surface area (Å²) in [5, 5.41) is 0. The number of aryl methyl sites for hydroxylation is 1. The van der Waals surface area contributed by atoms with Crippen LogP contribution in [0.3, 0.4) is 0 Å². The quantitative estimate of drug-likeness (QED) is 0.889. The Morgan fingerprint density at radius 2 is 2.05 bits per heavy atom. The Balaban J connectivity index is 2.27. The van der Waals surface area contributed by atoms with Crippen LogP contribution in [0.1, 0.15) is 51.6 Å². The number of rotatable bonds is 2. The molecule has 0 aromatic carbocycles. The number of nitrogens with two attached hydrogens (primary N) is 1. The number of hydrogen-bond donors (Lipinski definition) is 1. The zero-order chi connectivity index (χ0) is 14.2. The highest BCUT2D eigenvalue weighted by molar-refractivity contribution is 5.41. The van der Waals surface area contributed by atoms with Crippen LogP contribution in [0.2, 0.25) is 0 Å². The van der Waals surface area contributed by atoms with E-state index in [-0.39, 0.29) is 11.5 Å². The molecule has 0 bridgehead atoms. The smallest absolute Gasteiger partial charge is 0.133 e. The van der Waals surface area contributed by atoms with Gasteiger partial charge >= 0.3 is 0 Å². The van der Waals surface area contributed by atoms with Crippen LogP contribution in [0, 0.1) is 12.3 Å². The molecule has 1 atom stereocenters. The molecule has 1 aromatic rings. The SMILES string of the molecule is Cc1cc(N2CCC(N)C(C)(C)C2)nc(C(C)C)n1. The fraction of sp³-hybridized carbons (Fsp3) is 0.733. The molecule has 1 aromatic heterocycles. The summed E-state index contributed by atoms with van der Waals surface area (Å²) in [6, 6.07) is 2.36. The molecular weight excluding hydrogens is 236 g/mol. The van der Waals surface area contributed by atoms with Crippen molar-refractivity contribution in [3.63, 3.8) is 0 Å². The van der Waals surface area contributed by atoms with E-state index in [0.29, 0.717) is 5.92 Å². The molecular formula is C15H26N4. The van der Waals surface area contributed by atoms with E-state index in [9.17, 15) is 0 Å². The minimum atomic E-state index is 0.134. The van der Waals surface area contributed by atoms with Crippen LogP contribution in [0.15, 0.2) is 6.07 Å². The van der Waals surface area contributed by atoms with E-state index >= 15 is 0 Å². The van der Waals surface area contributed by atoms with Crippen molar-refractivity contribution in [2.75, 3.05) is 18.0 Å². The highest BCUT2D eigenvalue weighted by Gasteiger charge is 2.34. The van der Waals surface area contributed by atoms with Gasteiger partial charge in [0.2, 0.25) is 0 Å². The highest BCUT2D eigenvalue weighted by Crippen LogP contribution is 2.30. The van der Waals surface area contributed by atoms with Gasteiger partial charge in [-0.3, -0.25) is 0 Å². The Morgan fingerprint density at radius 3 is 2.63 bits per heavy atom. The van der Waals surface area contributed by atoms with Crippen molar-refractivity contribution in [1.29, 1.82) is 0 Å². The van der Waals surface area contributed by atoms with Gasteiger partial charge < -0.3 is 10.6 Å². The molecule has 0 aliphatic carbocycles. The van der Waals surface area contributed by atoms with E-state index in [1.165, 1.54) is 0 Å². The topological polar surface area (TPSA) is 55.0 Å². The Labute approximate surface area is 116 Å². The van der Waals surface area contributed by atoms with Crippen molar-refractivity contribution >= 4 is 5.82 Å². The first kappa shape index (κ1) is 14.3. The number of anilines is 1. The van der Waals surface area contributed by atoms with Crippen LogP contribution < -0.4 is 10.6 Å². The molecule has 106 valence electrons. The Hall–Kier alpha value is -1.16. The first-order valence-electron chi connectivity index (χ1n) is 7.16. The van der Waals surface area contributed by atoms with Crippen molar-refractivity contribution in [3.05, 3.63) is 17.6 Å². The predicted molar refractivity (Wildman–Crippen MR) is 79.4 cm³/mol. The Kier molecular flexibility index (Phi) is 3.81. The van der Waals surface area contributed by atoms with E-state index in [4.69, 9.17) is 10.7 Å². The monoisotopic (exact) mass is 262 g/mol. The molecule has 2 N–H and O–H groups in total. The van der Waals surface area contributed by atoms with Gasteiger partial charge in [0.15, 0.2) is 0 Å². The van der Waals surface area contributed by atoms with E-state index in [1.54, 1.807) is 0 Å². The molecule has 4 heteroatoms. The third-order valence-corrected chi connectivity index (χ3v) is 4.01. The molecule has 0 spiro atoms. The normalized spacial score (nSPS) is 22.9. The third-order valence-electron chi connectivity index (χ3n) is 4.01. The zero-order valence-corrected chi connectivity index (χ0v) is 12.8. The van der Waals surface area contributed by atoms with Gasteiger partial charge in [-0.25, -0.2) is 9.97 Å². The third kappa shape index (κ3) is 3.06. The average molecular weight is 262 g/mol. The number of hydrogen-bond acceptors (Lipinski definition) is 4. The van der Waals surface area contributed by atoms with Crippen LogP contribution in [-0.4, -0.2) is 29.1 Å². The second kappa shape index (κ2) is 5.08. The summed E-state index contributed by atoms with van der Waals surface area (Å²) in [4.78, 5) is 11.6. The van der Waals surface area contributed by atoms with Gasteiger partial charge in [0.05, 0.1) is 0 Å². The van der Waals surface area contributed by atoms with E-state index in [2.05, 4.69) is 43.6 Å². The molecule has 0 amide bonds. The number of nitrogens with zero attached hydrogens (tertiary/aromatic N) is 3. The molecule has 1 unspecified atom stereocenters. The maximum Gasteiger partial charge on any atom is 0.133 e. The van der Waals surface area contributed by atoms with Crippen molar-refractivity contribution in [1.82, 2.24) is 9.97 Å². The first-order valence-corrected chi connectivity index (χ1v) is 7.16. The van der Waals surface area contributed by atoms with Gasteiger partial charge in [-0.2, -0.15) is 0 Å². The van der Waals surface area contributed by atoms with Crippen molar-refractivity contribution in [3.8, 4) is 0 Å². The van der Waals surface area contributed by atoms with Crippen LogP contribution in [-0.2, 0) is 0 Å². The Bertz CT molecular complexity index is 453. The molecule has 4 nitrogen and oxygen atoms in total. The summed E-state index contributed by atoms with van der Waals surface area (Å²) in [5.41, 5.74) is 7.38. The van der Waals surface area contributed by atoms with Gasteiger partial charge in [0.25, 0.3) is 0 Å². The molecule has 0 radical (unpaired) electrons. The Morgan fingerprint density at radius 1 is 1.37 bits per heavy atom. The van der Waals surface area contributed by atoms with Crippen LogP contribution in [0.4, 0.5) is 5.82 Å². The van der Waals surface area contributed by atoms with Gasteiger partial charge in [-0.15, -0.1) is 0 Å². The molecule has 1 aliphatic rings. The number of piperidine rings is 1. The van der Waals surface area contributed by atoms with Gasteiger partial charge in [-0.05, 0) is 18.8 Å². The fourth-order valence-electron chi connectivity index (χ4n) is 2.56. The zero-order valence-electron chi connectivity index (χ0n) is 12.8. The lowest BCUT2D eigenvalue weighted by Crippen LogP contribution is -2.52. The predicted octanol–water partition coefficient (Wildman–Crippen LogP) is 2.47.